The largest absolute Gasteiger partial charge is 0.322 e. The molecule has 3 aromatic rings. The molecule has 0 unspecified atom stereocenters. The molecule has 4 nitrogen and oxygen atoms in total. The van der Waals surface area contributed by atoms with Gasteiger partial charge in [-0.3, -0.25) is 9.59 Å². The minimum absolute atomic E-state index is 0.0441. The van der Waals surface area contributed by atoms with E-state index in [1.54, 1.807) is 6.07 Å². The predicted octanol–water partition coefficient (Wildman–Crippen LogP) is 4.61. The third-order valence-corrected chi connectivity index (χ3v) is 3.71. The van der Waals surface area contributed by atoms with E-state index in [4.69, 9.17) is 0 Å². The lowest BCUT2D eigenvalue weighted by molar-refractivity contribution is 0.101. The molecule has 0 saturated carbocycles. The lowest BCUT2D eigenvalue weighted by Gasteiger charge is -2.08. The number of para-hydroxylation sites is 1. The van der Waals surface area contributed by atoms with Crippen LogP contribution in [0.2, 0.25) is 0 Å². The van der Waals surface area contributed by atoms with Gasteiger partial charge in [-0.1, -0.05) is 12.1 Å². The Morgan fingerprint density at radius 2 is 1.22 bits per heavy atom. The minimum atomic E-state index is -1.08. The van der Waals surface area contributed by atoms with Crippen LogP contribution in [0.15, 0.2) is 66.7 Å². The summed E-state index contributed by atoms with van der Waals surface area (Å²) < 4.78 is 39.7. The molecule has 7 heteroatoms. The van der Waals surface area contributed by atoms with E-state index in [1.807, 2.05) is 0 Å². The summed E-state index contributed by atoms with van der Waals surface area (Å²) in [7, 11) is 0. The summed E-state index contributed by atoms with van der Waals surface area (Å²) in [6, 6.07) is 14.3. The van der Waals surface area contributed by atoms with E-state index in [1.165, 1.54) is 48.5 Å². The first-order valence-corrected chi connectivity index (χ1v) is 7.86. The van der Waals surface area contributed by atoms with Crippen LogP contribution in [-0.4, -0.2) is 11.8 Å². The Morgan fingerprint density at radius 1 is 0.630 bits per heavy atom. The first-order chi connectivity index (χ1) is 12.9. The summed E-state index contributed by atoms with van der Waals surface area (Å²) in [6.07, 6.45) is 0. The second-order valence-corrected chi connectivity index (χ2v) is 5.59. The molecular weight excluding hydrogens is 357 g/mol. The van der Waals surface area contributed by atoms with Gasteiger partial charge >= 0.3 is 0 Å². The van der Waals surface area contributed by atoms with Crippen molar-refractivity contribution in [3.05, 3.63) is 95.3 Å². The molecule has 3 rings (SSSR count). The van der Waals surface area contributed by atoms with E-state index in [9.17, 15) is 22.8 Å². The van der Waals surface area contributed by atoms with Gasteiger partial charge in [0.25, 0.3) is 11.8 Å². The minimum Gasteiger partial charge on any atom is -0.322 e. The summed E-state index contributed by atoms with van der Waals surface area (Å²) in [6.45, 7) is 0. The standard InChI is InChI=1S/C20H13F3N2O2/c21-15-10-9-14(11-17(15)23)24-19(26)12-5-7-13(8-6-12)20(27)25-18-4-2-1-3-16(18)22/h1-11H,(H,24,26)(H,25,27). The first kappa shape index (κ1) is 18.2. The lowest BCUT2D eigenvalue weighted by Crippen LogP contribution is -2.15. The zero-order valence-electron chi connectivity index (χ0n) is 13.8. The highest BCUT2D eigenvalue weighted by Gasteiger charge is 2.12. The van der Waals surface area contributed by atoms with Crippen molar-refractivity contribution in [2.24, 2.45) is 0 Å². The Hall–Kier alpha value is -3.61. The number of anilines is 2. The molecule has 0 atom stereocenters. The molecular formula is C20H13F3N2O2. The van der Waals surface area contributed by atoms with Crippen molar-refractivity contribution < 1.29 is 22.8 Å². The number of amides is 2. The maximum atomic E-state index is 13.6. The predicted molar refractivity (Wildman–Crippen MR) is 95.1 cm³/mol. The molecule has 0 aliphatic rings. The number of carbonyl (C=O) groups is 2. The number of rotatable bonds is 4. The van der Waals surface area contributed by atoms with Crippen molar-refractivity contribution in [3.63, 3.8) is 0 Å². The van der Waals surface area contributed by atoms with E-state index in [0.717, 1.165) is 12.1 Å². The monoisotopic (exact) mass is 370 g/mol. The van der Waals surface area contributed by atoms with Crippen LogP contribution in [0.5, 0.6) is 0 Å². The molecule has 2 amide bonds. The van der Waals surface area contributed by atoms with Gasteiger partial charge in [0, 0.05) is 22.9 Å². The fourth-order valence-corrected chi connectivity index (χ4v) is 2.31. The molecule has 27 heavy (non-hydrogen) atoms. The zero-order valence-corrected chi connectivity index (χ0v) is 13.8. The quantitative estimate of drug-likeness (QED) is 0.705. The molecule has 2 N–H and O–H groups in total. The van der Waals surface area contributed by atoms with Gasteiger partial charge in [-0.05, 0) is 48.5 Å². The number of hydrogen-bond donors (Lipinski definition) is 2. The summed E-state index contributed by atoms with van der Waals surface area (Å²) in [5.41, 5.74) is 0.577. The van der Waals surface area contributed by atoms with Gasteiger partial charge in [-0.2, -0.15) is 0 Å². The van der Waals surface area contributed by atoms with Crippen molar-refractivity contribution in [2.75, 3.05) is 10.6 Å². The summed E-state index contributed by atoms with van der Waals surface area (Å²) in [5.74, 6) is -3.74. The Balaban J connectivity index is 1.69. The lowest BCUT2D eigenvalue weighted by atomic mass is 10.1. The molecule has 0 bridgehead atoms. The average molecular weight is 370 g/mol. The third-order valence-electron chi connectivity index (χ3n) is 3.71. The summed E-state index contributed by atoms with van der Waals surface area (Å²) >= 11 is 0. The van der Waals surface area contributed by atoms with Crippen LogP contribution < -0.4 is 10.6 Å². The van der Waals surface area contributed by atoms with Gasteiger partial charge in [0.05, 0.1) is 5.69 Å². The van der Waals surface area contributed by atoms with Crippen molar-refractivity contribution >= 4 is 23.2 Å². The Bertz CT molecular complexity index is 1000. The van der Waals surface area contributed by atoms with Crippen molar-refractivity contribution in [2.45, 2.75) is 0 Å². The number of carbonyl (C=O) groups excluding carboxylic acids is 2. The highest BCUT2D eigenvalue weighted by molar-refractivity contribution is 6.07. The zero-order chi connectivity index (χ0) is 19.4. The molecule has 0 aliphatic carbocycles. The average Bonchev–Trinajstić information content (AvgIpc) is 2.66. The normalized spacial score (nSPS) is 10.3. The second-order valence-electron chi connectivity index (χ2n) is 5.59. The molecule has 0 aliphatic heterocycles. The van der Waals surface area contributed by atoms with Gasteiger partial charge in [0.2, 0.25) is 0 Å². The number of hydrogen-bond acceptors (Lipinski definition) is 2. The van der Waals surface area contributed by atoms with Crippen LogP contribution >= 0.6 is 0 Å². The molecule has 0 spiro atoms. The Kier molecular flexibility index (Phi) is 5.21. The molecule has 0 heterocycles. The third kappa shape index (κ3) is 4.33. The van der Waals surface area contributed by atoms with Crippen molar-refractivity contribution in [1.29, 1.82) is 0 Å². The van der Waals surface area contributed by atoms with Crippen LogP contribution in [0.1, 0.15) is 20.7 Å². The Morgan fingerprint density at radius 3 is 1.81 bits per heavy atom. The van der Waals surface area contributed by atoms with Gasteiger partial charge in [-0.15, -0.1) is 0 Å². The van der Waals surface area contributed by atoms with E-state index in [0.29, 0.717) is 0 Å². The summed E-state index contributed by atoms with van der Waals surface area (Å²) in [5, 5.41) is 4.86. The Labute approximate surface area is 152 Å². The van der Waals surface area contributed by atoms with Crippen LogP contribution in [0.4, 0.5) is 24.5 Å². The number of nitrogens with one attached hydrogen (secondary N) is 2. The van der Waals surface area contributed by atoms with Gasteiger partial charge in [-0.25, -0.2) is 13.2 Å². The first-order valence-electron chi connectivity index (χ1n) is 7.86. The van der Waals surface area contributed by atoms with E-state index >= 15 is 0 Å². The van der Waals surface area contributed by atoms with Gasteiger partial charge < -0.3 is 10.6 Å². The highest BCUT2D eigenvalue weighted by Crippen LogP contribution is 2.16. The van der Waals surface area contributed by atoms with Crippen LogP contribution in [0.25, 0.3) is 0 Å². The number of halogens is 3. The SMILES string of the molecule is O=C(Nc1ccc(F)c(F)c1)c1ccc(C(=O)Nc2ccccc2F)cc1. The van der Waals surface area contributed by atoms with Crippen molar-refractivity contribution in [1.82, 2.24) is 0 Å². The van der Waals surface area contributed by atoms with Crippen LogP contribution in [-0.2, 0) is 0 Å². The van der Waals surface area contributed by atoms with Crippen molar-refractivity contribution in [3.8, 4) is 0 Å². The topological polar surface area (TPSA) is 58.2 Å². The van der Waals surface area contributed by atoms with Gasteiger partial charge in [0.1, 0.15) is 5.82 Å². The van der Waals surface area contributed by atoms with Gasteiger partial charge in [0.15, 0.2) is 11.6 Å². The molecule has 0 saturated heterocycles. The smallest absolute Gasteiger partial charge is 0.255 e. The van der Waals surface area contributed by atoms with E-state index in [-0.39, 0.29) is 22.5 Å². The van der Waals surface area contributed by atoms with Crippen LogP contribution in [0.3, 0.4) is 0 Å². The fourth-order valence-electron chi connectivity index (χ4n) is 2.31. The van der Waals surface area contributed by atoms with E-state index < -0.39 is 29.3 Å². The fraction of sp³-hybridized carbons (Fsp3) is 0. The molecule has 0 radical (unpaired) electrons. The van der Waals surface area contributed by atoms with E-state index in [2.05, 4.69) is 10.6 Å². The molecule has 136 valence electrons. The van der Waals surface area contributed by atoms with Crippen LogP contribution in [0, 0.1) is 17.5 Å². The molecule has 0 aromatic heterocycles. The highest BCUT2D eigenvalue weighted by atomic mass is 19.2. The maximum absolute atomic E-state index is 13.6. The molecule has 3 aromatic carbocycles. The maximum Gasteiger partial charge on any atom is 0.255 e. The second kappa shape index (κ2) is 7.74. The summed E-state index contributed by atoms with van der Waals surface area (Å²) in [4.78, 5) is 24.3. The molecule has 0 fully saturated rings. The number of benzene rings is 3.